The van der Waals surface area contributed by atoms with Gasteiger partial charge in [0.15, 0.2) is 18.7 Å². The van der Waals surface area contributed by atoms with Crippen molar-refractivity contribution in [3.63, 3.8) is 0 Å². The van der Waals surface area contributed by atoms with Crippen molar-refractivity contribution in [1.82, 2.24) is 0 Å². The van der Waals surface area contributed by atoms with Crippen molar-refractivity contribution in [2.75, 3.05) is 26.4 Å². The summed E-state index contributed by atoms with van der Waals surface area (Å²) in [7, 11) is 0. The fraction of sp³-hybridized carbons (Fsp3) is 0.918. The Hall–Kier alpha value is -1.76. The highest BCUT2D eigenvalue weighted by molar-refractivity contribution is 5.70. The molecule has 2 aliphatic rings. The lowest BCUT2D eigenvalue weighted by molar-refractivity contribution is -0.332. The van der Waals surface area contributed by atoms with Crippen LogP contribution in [0.1, 0.15) is 194 Å². The predicted octanol–water partition coefficient (Wildman–Crippen LogP) is 6.60. The molecule has 0 saturated carbocycles. The Kier molecular flexibility index (Phi) is 34.0. The van der Waals surface area contributed by atoms with Gasteiger partial charge >= 0.3 is 11.9 Å². The summed E-state index contributed by atoms with van der Waals surface area (Å²) >= 11 is 0. The third-order valence-electron chi connectivity index (χ3n) is 12.2. The first-order chi connectivity index (χ1) is 31.0. The molecule has 0 spiro atoms. The molecule has 0 unspecified atom stereocenters. The molecular weight excluding hydrogens is 829 g/mol. The molecule has 64 heavy (non-hydrogen) atoms. The predicted molar refractivity (Wildman–Crippen MR) is 243 cm³/mol. The average molecular weight is 919 g/mol. The van der Waals surface area contributed by atoms with Crippen LogP contribution in [0.15, 0.2) is 12.2 Å². The van der Waals surface area contributed by atoms with E-state index in [1.807, 2.05) is 0 Å². The van der Waals surface area contributed by atoms with Crippen LogP contribution >= 0.6 is 0 Å². The summed E-state index contributed by atoms with van der Waals surface area (Å²) in [6.07, 6.45) is 18.1. The minimum atomic E-state index is -1.76. The summed E-state index contributed by atoms with van der Waals surface area (Å²) in [5, 5.41) is 72.0. The van der Waals surface area contributed by atoms with E-state index in [1.54, 1.807) is 0 Å². The molecule has 15 nitrogen and oxygen atoms in total. The highest BCUT2D eigenvalue weighted by Crippen LogP contribution is 2.26. The van der Waals surface area contributed by atoms with Gasteiger partial charge in [-0.05, 0) is 38.5 Å². The van der Waals surface area contributed by atoms with E-state index in [4.69, 9.17) is 28.4 Å². The average Bonchev–Trinajstić information content (AvgIpc) is 3.29. The van der Waals surface area contributed by atoms with E-state index in [2.05, 4.69) is 26.0 Å². The molecule has 11 atom stereocenters. The van der Waals surface area contributed by atoms with Crippen molar-refractivity contribution in [3.8, 4) is 0 Å². The topological polar surface area (TPSA) is 231 Å². The first-order valence-corrected chi connectivity index (χ1v) is 25.3. The van der Waals surface area contributed by atoms with Crippen molar-refractivity contribution in [1.29, 1.82) is 0 Å². The Morgan fingerprint density at radius 1 is 0.484 bits per heavy atom. The van der Waals surface area contributed by atoms with Crippen LogP contribution in [-0.4, -0.2) is 142 Å². The molecule has 376 valence electrons. The fourth-order valence-electron chi connectivity index (χ4n) is 8.04. The first kappa shape index (κ1) is 58.4. The van der Waals surface area contributed by atoms with Crippen molar-refractivity contribution < 1.29 is 73.8 Å². The van der Waals surface area contributed by atoms with Gasteiger partial charge in [0.05, 0.1) is 19.8 Å². The molecule has 2 fully saturated rings. The number of carbonyl (C=O) groups excluding carboxylic acids is 2. The minimum Gasteiger partial charge on any atom is -0.462 e. The van der Waals surface area contributed by atoms with Crippen LogP contribution in [0.5, 0.6) is 0 Å². The minimum absolute atomic E-state index is 0.169. The van der Waals surface area contributed by atoms with E-state index in [9.17, 15) is 45.3 Å². The second kappa shape index (κ2) is 37.2. The van der Waals surface area contributed by atoms with Gasteiger partial charge in [0, 0.05) is 12.8 Å². The molecule has 15 heteroatoms. The number of rotatable bonds is 39. The Morgan fingerprint density at radius 2 is 0.891 bits per heavy atom. The summed E-state index contributed by atoms with van der Waals surface area (Å²) in [6.45, 7) is 2.58. The van der Waals surface area contributed by atoms with Crippen LogP contribution in [0.25, 0.3) is 0 Å². The number of hydrogen-bond donors (Lipinski definition) is 7. The number of carbonyl (C=O) groups is 2. The zero-order chi connectivity index (χ0) is 46.8. The maximum Gasteiger partial charge on any atom is 0.306 e. The molecule has 2 heterocycles. The van der Waals surface area contributed by atoms with E-state index in [-0.39, 0.29) is 26.1 Å². The molecule has 0 bridgehead atoms. The first-order valence-electron chi connectivity index (χ1n) is 25.3. The molecule has 0 amide bonds. The van der Waals surface area contributed by atoms with Crippen molar-refractivity contribution in [2.24, 2.45) is 0 Å². The molecule has 2 rings (SSSR count). The van der Waals surface area contributed by atoms with Crippen molar-refractivity contribution in [2.45, 2.75) is 261 Å². The van der Waals surface area contributed by atoms with Crippen molar-refractivity contribution in [3.05, 3.63) is 12.2 Å². The lowest BCUT2D eigenvalue weighted by atomic mass is 9.98. The monoisotopic (exact) mass is 919 g/mol. The van der Waals surface area contributed by atoms with Gasteiger partial charge in [-0.15, -0.1) is 0 Å². The van der Waals surface area contributed by atoms with Crippen LogP contribution in [0.4, 0.5) is 0 Å². The maximum absolute atomic E-state index is 13.0. The van der Waals surface area contributed by atoms with Gasteiger partial charge in [0.25, 0.3) is 0 Å². The Morgan fingerprint density at radius 3 is 1.38 bits per heavy atom. The quantitative estimate of drug-likeness (QED) is 0.0196. The molecule has 0 aromatic rings. The van der Waals surface area contributed by atoms with Gasteiger partial charge in [-0.3, -0.25) is 9.59 Å². The van der Waals surface area contributed by atoms with E-state index >= 15 is 0 Å². The summed E-state index contributed by atoms with van der Waals surface area (Å²) < 4.78 is 33.5. The largest absolute Gasteiger partial charge is 0.462 e. The van der Waals surface area contributed by atoms with Gasteiger partial charge in [0.2, 0.25) is 0 Å². The molecule has 0 aromatic carbocycles. The molecular formula is C49H90O15. The molecule has 2 aliphatic heterocycles. The number of aliphatic hydroxyl groups excluding tert-OH is 7. The van der Waals surface area contributed by atoms with Crippen molar-refractivity contribution >= 4 is 11.9 Å². The zero-order valence-corrected chi connectivity index (χ0v) is 39.5. The molecule has 2 saturated heterocycles. The number of aliphatic hydroxyl groups is 7. The number of hydrogen-bond acceptors (Lipinski definition) is 15. The van der Waals surface area contributed by atoms with E-state index < -0.39 is 92.7 Å². The third-order valence-corrected chi connectivity index (χ3v) is 12.2. The van der Waals surface area contributed by atoms with E-state index in [0.29, 0.717) is 12.8 Å². The van der Waals surface area contributed by atoms with E-state index in [0.717, 1.165) is 57.8 Å². The standard InChI is InChI=1S/C49H90O15/c1-3-5-7-9-11-13-15-17-18-20-21-23-25-27-29-31-40(51)59-34-37(62-41(52)32-30-28-26-24-22-19-16-14-12-10-8-6-4-2)35-60-48-47(58)45(56)43(54)39(64-48)36-61-49-46(57)44(55)42(53)38(33-50)63-49/h17-18,37-39,42-50,53-58H,3-16,19-36H2,1-2H3/b18-17-/t37-,38-,39-,42+,43+,44+,45+,46-,47-,48-,49+/m1/s1. The highest BCUT2D eigenvalue weighted by Gasteiger charge is 2.47. The smallest absolute Gasteiger partial charge is 0.306 e. The Bertz CT molecular complexity index is 1170. The summed E-state index contributed by atoms with van der Waals surface area (Å²) in [4.78, 5) is 25.7. The lowest BCUT2D eigenvalue weighted by Gasteiger charge is -2.42. The van der Waals surface area contributed by atoms with Gasteiger partial charge < -0.3 is 64.2 Å². The normalized spacial score (nSPS) is 26.6. The van der Waals surface area contributed by atoms with Gasteiger partial charge in [0.1, 0.15) is 55.4 Å². The van der Waals surface area contributed by atoms with Crippen LogP contribution < -0.4 is 0 Å². The van der Waals surface area contributed by atoms with Gasteiger partial charge in [-0.1, -0.05) is 154 Å². The van der Waals surface area contributed by atoms with Crippen LogP contribution in [-0.2, 0) is 38.0 Å². The fourth-order valence-corrected chi connectivity index (χ4v) is 8.04. The summed E-state index contributed by atoms with van der Waals surface area (Å²) in [6, 6.07) is 0. The lowest BCUT2D eigenvalue weighted by Crippen LogP contribution is -2.61. The number of allylic oxidation sites excluding steroid dienone is 2. The van der Waals surface area contributed by atoms with Crippen LogP contribution in [0.2, 0.25) is 0 Å². The highest BCUT2D eigenvalue weighted by atomic mass is 16.7. The summed E-state index contributed by atoms with van der Waals surface area (Å²) in [5.74, 6) is -0.926. The number of ether oxygens (including phenoxy) is 6. The number of unbranched alkanes of at least 4 members (excludes halogenated alkanes) is 23. The SMILES string of the molecule is CCCCCCCC/C=C\CCCCCCCC(=O)OC[C@H](CO[C@@H]1O[C@H](CO[C@H]2O[C@H](CO)[C@H](O)[C@H](O)[C@H]2O)[C@H](O)[C@H](O)[C@H]1O)OC(=O)CCCCCCCCCCCCCCC. The molecule has 0 aliphatic carbocycles. The maximum atomic E-state index is 13.0. The zero-order valence-electron chi connectivity index (χ0n) is 39.5. The van der Waals surface area contributed by atoms with Crippen LogP contribution in [0.3, 0.4) is 0 Å². The molecule has 0 radical (unpaired) electrons. The summed E-state index contributed by atoms with van der Waals surface area (Å²) in [5.41, 5.74) is 0. The van der Waals surface area contributed by atoms with Gasteiger partial charge in [-0.25, -0.2) is 0 Å². The molecule has 0 aromatic heterocycles. The Labute approximate surface area is 384 Å². The van der Waals surface area contributed by atoms with E-state index in [1.165, 1.54) is 96.3 Å². The molecule has 7 N–H and O–H groups in total. The third kappa shape index (κ3) is 25.4. The Balaban J connectivity index is 1.82. The van der Waals surface area contributed by atoms with Crippen LogP contribution in [0, 0.1) is 0 Å². The van der Waals surface area contributed by atoms with Gasteiger partial charge in [-0.2, -0.15) is 0 Å². The second-order valence-electron chi connectivity index (χ2n) is 18.0. The number of esters is 2. The second-order valence-corrected chi connectivity index (χ2v) is 18.0.